The highest BCUT2D eigenvalue weighted by Crippen LogP contribution is 2.40. The van der Waals surface area contributed by atoms with Gasteiger partial charge in [-0.2, -0.15) is 5.26 Å². The number of carboxylic acids is 1. The number of fused-ring (bicyclic) bond motifs is 2. The summed E-state index contributed by atoms with van der Waals surface area (Å²) in [5.41, 5.74) is 6.41. The van der Waals surface area contributed by atoms with Crippen LogP contribution in [0.15, 0.2) is 103 Å². The molecular weight excluding hydrogens is 791 g/mol. The lowest BCUT2D eigenvalue weighted by Crippen LogP contribution is -2.56. The van der Waals surface area contributed by atoms with Gasteiger partial charge in [0.15, 0.2) is 0 Å². The van der Waals surface area contributed by atoms with E-state index in [0.29, 0.717) is 43.9 Å². The number of anilines is 1. The first-order valence-electron chi connectivity index (χ1n) is 19.1. The van der Waals surface area contributed by atoms with Crippen LogP contribution in [-0.4, -0.2) is 45.8 Å². The largest absolute Gasteiger partial charge is 0.489 e. The van der Waals surface area contributed by atoms with Gasteiger partial charge in [-0.1, -0.05) is 91.6 Å². The van der Waals surface area contributed by atoms with Crippen LogP contribution in [0.2, 0.25) is 10.0 Å². The highest BCUT2D eigenvalue weighted by Gasteiger charge is 2.38. The summed E-state index contributed by atoms with van der Waals surface area (Å²) in [6.07, 6.45) is -0.637. The standard InChI is InChI=1S/C46H40Cl2N4O7/c1-26(2)17-42(53)52-24-34-22-41-38(50-45(55)43(59-41)32-12-14-35(15-13-32)58-25-29-7-16-36(47)37(48)18-29)20-33(34)21-40(52)44(54)51-39(46(56)57)19-27-3-8-30(9-4-27)31-10-5-28(23-49)6-11-31/h3-16,18,20,22,26,39-40,43H,17,19,21,24-25H2,1-2H3,(H,50,55)(H,51,54)(H,56,57)/t39-,40-,43?/m0/s1. The summed E-state index contributed by atoms with van der Waals surface area (Å²) in [5.74, 6) is -1.39. The molecule has 3 atom stereocenters. The van der Waals surface area contributed by atoms with Crippen LogP contribution in [0.4, 0.5) is 5.69 Å². The van der Waals surface area contributed by atoms with Gasteiger partial charge >= 0.3 is 5.97 Å². The van der Waals surface area contributed by atoms with Crippen molar-refractivity contribution in [2.24, 2.45) is 5.92 Å². The molecule has 0 saturated carbocycles. The first kappa shape index (κ1) is 40.8. The van der Waals surface area contributed by atoms with E-state index in [1.54, 1.807) is 72.8 Å². The monoisotopic (exact) mass is 830 g/mol. The molecule has 2 aliphatic rings. The second-order valence-electron chi connectivity index (χ2n) is 15.0. The Balaban J connectivity index is 1.05. The smallest absolute Gasteiger partial charge is 0.326 e. The number of hydrogen-bond acceptors (Lipinski definition) is 7. The number of rotatable bonds is 12. The zero-order chi connectivity index (χ0) is 41.8. The number of benzene rings is 5. The maximum absolute atomic E-state index is 14.0. The molecule has 0 radical (unpaired) electrons. The molecule has 0 bridgehead atoms. The van der Waals surface area contributed by atoms with E-state index in [9.17, 15) is 24.3 Å². The lowest BCUT2D eigenvalue weighted by molar-refractivity contribution is -0.145. The molecule has 0 aliphatic carbocycles. The fraction of sp³-hybridized carbons (Fsp3) is 0.239. The van der Waals surface area contributed by atoms with Crippen LogP contribution in [0, 0.1) is 17.2 Å². The van der Waals surface area contributed by atoms with Gasteiger partial charge in [0.2, 0.25) is 17.9 Å². The molecular formula is C46H40Cl2N4O7. The molecule has 0 aromatic heterocycles. The fourth-order valence-electron chi connectivity index (χ4n) is 7.18. The van der Waals surface area contributed by atoms with E-state index in [1.165, 1.54) is 4.90 Å². The number of nitriles is 1. The van der Waals surface area contributed by atoms with Crippen LogP contribution < -0.4 is 20.1 Å². The van der Waals surface area contributed by atoms with Crippen molar-refractivity contribution in [2.75, 3.05) is 5.32 Å². The molecule has 2 heterocycles. The van der Waals surface area contributed by atoms with Crippen LogP contribution in [0.1, 0.15) is 59.8 Å². The van der Waals surface area contributed by atoms with Gasteiger partial charge in [-0.05, 0) is 87.8 Å². The lowest BCUT2D eigenvalue weighted by atomic mass is 9.91. The summed E-state index contributed by atoms with van der Waals surface area (Å²) in [7, 11) is 0. The topological polar surface area (TPSA) is 158 Å². The number of carboxylic acid groups (broad SMARTS) is 1. The molecule has 7 rings (SSSR count). The molecule has 0 fully saturated rings. The Morgan fingerprint density at radius 3 is 2.24 bits per heavy atom. The maximum atomic E-state index is 14.0. The van der Waals surface area contributed by atoms with E-state index in [4.69, 9.17) is 37.9 Å². The third-order valence-electron chi connectivity index (χ3n) is 10.3. The van der Waals surface area contributed by atoms with Crippen LogP contribution in [-0.2, 0) is 45.2 Å². The summed E-state index contributed by atoms with van der Waals surface area (Å²) in [6.45, 7) is 4.19. The number of hydrogen-bond donors (Lipinski definition) is 3. The molecule has 3 amide bonds. The Morgan fingerprint density at radius 2 is 1.59 bits per heavy atom. The maximum Gasteiger partial charge on any atom is 0.326 e. The molecule has 0 spiro atoms. The zero-order valence-electron chi connectivity index (χ0n) is 32.2. The SMILES string of the molecule is CC(C)CC(=O)N1Cc2cc3c(cc2C[C@H]1C(=O)N[C@@H](Cc1ccc(-c2ccc(C#N)cc2)cc1)C(=O)O)NC(=O)C(c1ccc(OCc2ccc(Cl)c(Cl)c2)cc1)O3. The molecule has 5 aromatic rings. The van der Waals surface area contributed by atoms with Crippen LogP contribution in [0.5, 0.6) is 11.5 Å². The van der Waals surface area contributed by atoms with Gasteiger partial charge in [-0.25, -0.2) is 4.79 Å². The summed E-state index contributed by atoms with van der Waals surface area (Å²) in [4.78, 5) is 55.0. The van der Waals surface area contributed by atoms with Crippen molar-refractivity contribution >= 4 is 52.6 Å². The third-order valence-corrected chi connectivity index (χ3v) is 11.0. The molecule has 1 unspecified atom stereocenters. The fourth-order valence-corrected chi connectivity index (χ4v) is 7.50. The van der Waals surface area contributed by atoms with Crippen molar-refractivity contribution in [3.8, 4) is 28.7 Å². The van der Waals surface area contributed by atoms with E-state index in [0.717, 1.165) is 27.8 Å². The Labute approximate surface area is 351 Å². The minimum atomic E-state index is -1.26. The Morgan fingerprint density at radius 1 is 0.915 bits per heavy atom. The highest BCUT2D eigenvalue weighted by atomic mass is 35.5. The van der Waals surface area contributed by atoms with Crippen LogP contribution in [0.3, 0.4) is 0 Å². The van der Waals surface area contributed by atoms with E-state index in [-0.39, 0.29) is 50.1 Å². The average molecular weight is 832 g/mol. The predicted molar refractivity (Wildman–Crippen MR) is 223 cm³/mol. The van der Waals surface area contributed by atoms with Crippen molar-refractivity contribution in [3.05, 3.63) is 147 Å². The second kappa shape index (κ2) is 17.6. The zero-order valence-corrected chi connectivity index (χ0v) is 33.7. The number of carbonyl (C=O) groups is 4. The normalized spacial score (nSPS) is 16.1. The summed E-state index contributed by atoms with van der Waals surface area (Å²) in [6, 6.07) is 30.1. The van der Waals surface area contributed by atoms with Gasteiger partial charge < -0.3 is 30.1 Å². The van der Waals surface area contributed by atoms with E-state index >= 15 is 0 Å². The Hall–Kier alpha value is -6.35. The molecule has 0 saturated heterocycles. The third kappa shape index (κ3) is 9.52. The van der Waals surface area contributed by atoms with E-state index in [2.05, 4.69) is 16.7 Å². The van der Waals surface area contributed by atoms with Crippen LogP contribution >= 0.6 is 23.2 Å². The minimum Gasteiger partial charge on any atom is -0.489 e. The van der Waals surface area contributed by atoms with Crippen LogP contribution in [0.25, 0.3) is 11.1 Å². The average Bonchev–Trinajstić information content (AvgIpc) is 3.22. The van der Waals surface area contributed by atoms with Crippen molar-refractivity contribution in [2.45, 2.75) is 64.4 Å². The number of nitrogens with one attached hydrogen (secondary N) is 2. The van der Waals surface area contributed by atoms with Gasteiger partial charge in [0, 0.05) is 31.4 Å². The van der Waals surface area contributed by atoms with Gasteiger partial charge in [-0.15, -0.1) is 0 Å². The van der Waals surface area contributed by atoms with Gasteiger partial charge in [0.25, 0.3) is 5.91 Å². The second-order valence-corrected chi connectivity index (χ2v) is 15.9. The Kier molecular flexibility index (Phi) is 12.2. The summed E-state index contributed by atoms with van der Waals surface area (Å²) < 4.78 is 12.2. The van der Waals surface area contributed by atoms with Gasteiger partial charge in [0.1, 0.15) is 30.2 Å². The number of nitrogens with zero attached hydrogens (tertiary/aromatic N) is 2. The minimum absolute atomic E-state index is 0.0159. The van der Waals surface area contributed by atoms with Gasteiger partial charge in [-0.3, -0.25) is 14.4 Å². The molecule has 13 heteroatoms. The van der Waals surface area contributed by atoms with E-state index in [1.807, 2.05) is 44.2 Å². The lowest BCUT2D eigenvalue weighted by Gasteiger charge is -2.38. The molecule has 3 N–H and O–H groups in total. The summed E-state index contributed by atoms with van der Waals surface area (Å²) in [5, 5.41) is 25.8. The number of carbonyl (C=O) groups excluding carboxylic acids is 3. The summed E-state index contributed by atoms with van der Waals surface area (Å²) >= 11 is 12.1. The van der Waals surface area contributed by atoms with Gasteiger partial charge in [0.05, 0.1) is 27.4 Å². The number of halogens is 2. The molecule has 59 heavy (non-hydrogen) atoms. The molecule has 11 nitrogen and oxygen atoms in total. The molecule has 300 valence electrons. The molecule has 2 aliphatic heterocycles. The first-order valence-corrected chi connectivity index (χ1v) is 19.8. The Bertz CT molecular complexity index is 2450. The first-order chi connectivity index (χ1) is 28.3. The van der Waals surface area contributed by atoms with Crippen molar-refractivity contribution in [1.29, 1.82) is 5.26 Å². The highest BCUT2D eigenvalue weighted by molar-refractivity contribution is 6.42. The number of aliphatic carboxylic acids is 1. The number of ether oxygens (including phenoxy) is 2. The van der Waals surface area contributed by atoms with Crippen molar-refractivity contribution < 1.29 is 33.8 Å². The quantitative estimate of drug-likeness (QED) is 0.113. The van der Waals surface area contributed by atoms with Crippen molar-refractivity contribution in [3.63, 3.8) is 0 Å². The molecule has 5 aromatic carbocycles. The van der Waals surface area contributed by atoms with Crippen molar-refractivity contribution in [1.82, 2.24) is 10.2 Å². The predicted octanol–water partition coefficient (Wildman–Crippen LogP) is 8.29. The number of amides is 3. The van der Waals surface area contributed by atoms with E-state index < -0.39 is 30.1 Å².